The van der Waals surface area contributed by atoms with Crippen molar-refractivity contribution >= 4 is 17.0 Å². The summed E-state index contributed by atoms with van der Waals surface area (Å²) in [4.78, 5) is 0. The molecule has 5 heteroatoms. The van der Waals surface area contributed by atoms with Gasteiger partial charge in [0.15, 0.2) is 5.76 Å². The van der Waals surface area contributed by atoms with Gasteiger partial charge in [0.25, 0.3) is 0 Å². The molecule has 0 saturated carbocycles. The zero-order valence-corrected chi connectivity index (χ0v) is 9.60. The van der Waals surface area contributed by atoms with E-state index >= 15 is 0 Å². The van der Waals surface area contributed by atoms with Gasteiger partial charge in [-0.05, 0) is 29.7 Å². The molecular formula is C13H12N4O. The Hall–Kier alpha value is -2.40. The number of nitrogens with zero attached hydrogens (tertiary/aromatic N) is 3. The van der Waals surface area contributed by atoms with E-state index in [-0.39, 0.29) is 6.17 Å². The van der Waals surface area contributed by atoms with E-state index in [9.17, 15) is 0 Å². The number of benzene rings is 1. The molecular weight excluding hydrogens is 228 g/mol. The highest BCUT2D eigenvalue weighted by Gasteiger charge is 2.05. The van der Waals surface area contributed by atoms with Gasteiger partial charge < -0.3 is 14.8 Å². The lowest BCUT2D eigenvalue weighted by Gasteiger charge is -2.10. The molecule has 1 unspecified atom stereocenters. The minimum Gasteiger partial charge on any atom is -0.338 e. The Morgan fingerprint density at radius 3 is 3.00 bits per heavy atom. The topological polar surface area (TPSA) is 69.9 Å². The number of para-hydroxylation sites is 1. The van der Waals surface area contributed by atoms with Gasteiger partial charge >= 0.3 is 0 Å². The highest BCUT2D eigenvalue weighted by atomic mass is 16.5. The highest BCUT2D eigenvalue weighted by Crippen LogP contribution is 2.18. The molecule has 18 heavy (non-hydrogen) atoms. The Labute approximate surface area is 103 Å². The summed E-state index contributed by atoms with van der Waals surface area (Å²) < 4.78 is 6.87. The molecule has 0 saturated heterocycles. The van der Waals surface area contributed by atoms with Gasteiger partial charge in [0.05, 0.1) is 6.20 Å². The predicted molar refractivity (Wildman–Crippen MR) is 68.5 cm³/mol. The summed E-state index contributed by atoms with van der Waals surface area (Å²) in [5.74, 6) is 0.585. The Morgan fingerprint density at radius 2 is 2.17 bits per heavy atom. The highest BCUT2D eigenvalue weighted by molar-refractivity contribution is 5.80. The Morgan fingerprint density at radius 1 is 1.28 bits per heavy atom. The summed E-state index contributed by atoms with van der Waals surface area (Å²) in [7, 11) is 0. The minimum atomic E-state index is -0.255. The van der Waals surface area contributed by atoms with Crippen LogP contribution < -0.4 is 5.73 Å². The first-order valence-electron chi connectivity index (χ1n) is 5.61. The second-order valence-electron chi connectivity index (χ2n) is 3.95. The van der Waals surface area contributed by atoms with Gasteiger partial charge in [-0.15, -0.1) is 5.10 Å². The van der Waals surface area contributed by atoms with E-state index in [0.29, 0.717) is 5.76 Å². The Kier molecular flexibility index (Phi) is 2.66. The van der Waals surface area contributed by atoms with Crippen LogP contribution in [0.25, 0.3) is 17.0 Å². The fraction of sp³-hybridized carbons (Fsp3) is 0.0769. The monoisotopic (exact) mass is 240 g/mol. The summed E-state index contributed by atoms with van der Waals surface area (Å²) >= 11 is 0. The van der Waals surface area contributed by atoms with Crippen molar-refractivity contribution in [2.75, 3.05) is 0 Å². The lowest BCUT2D eigenvalue weighted by Crippen LogP contribution is -2.14. The summed E-state index contributed by atoms with van der Waals surface area (Å²) in [6.45, 7) is 0. The van der Waals surface area contributed by atoms with Gasteiger partial charge in [0.2, 0.25) is 0 Å². The van der Waals surface area contributed by atoms with Gasteiger partial charge in [-0.25, -0.2) is 0 Å². The second-order valence-corrected chi connectivity index (χ2v) is 3.95. The number of aromatic nitrogens is 3. The molecule has 90 valence electrons. The van der Waals surface area contributed by atoms with Crippen LogP contribution in [0.2, 0.25) is 0 Å². The van der Waals surface area contributed by atoms with E-state index in [1.165, 1.54) is 11.6 Å². The number of nitrogens with two attached hydrogens (primary N) is 1. The fourth-order valence-corrected chi connectivity index (χ4v) is 1.90. The Balaban J connectivity index is 1.90. The van der Waals surface area contributed by atoms with E-state index < -0.39 is 0 Å². The van der Waals surface area contributed by atoms with Crippen LogP contribution in [0, 0.1) is 0 Å². The predicted octanol–water partition coefficient (Wildman–Crippen LogP) is 2.20. The van der Waals surface area contributed by atoms with Crippen molar-refractivity contribution in [1.82, 2.24) is 14.9 Å². The molecule has 0 fully saturated rings. The van der Waals surface area contributed by atoms with Crippen LogP contribution >= 0.6 is 0 Å². The van der Waals surface area contributed by atoms with Crippen LogP contribution in [-0.4, -0.2) is 14.9 Å². The van der Waals surface area contributed by atoms with Crippen molar-refractivity contribution in [2.24, 2.45) is 5.73 Å². The average Bonchev–Trinajstić information content (AvgIpc) is 3.05. The normalized spacial score (nSPS) is 13.4. The Bertz CT molecular complexity index is 669. The molecule has 0 aliphatic heterocycles. The molecule has 3 rings (SSSR count). The zero-order valence-electron chi connectivity index (χ0n) is 9.60. The zero-order chi connectivity index (χ0) is 12.4. The maximum atomic E-state index is 6.12. The van der Waals surface area contributed by atoms with Crippen molar-refractivity contribution < 1.29 is 4.52 Å². The average molecular weight is 240 g/mol. The van der Waals surface area contributed by atoms with Crippen LogP contribution in [0.4, 0.5) is 0 Å². The SMILES string of the molecule is NC(/C=C/c1cnno1)n1ccc2ccccc21. The van der Waals surface area contributed by atoms with Gasteiger partial charge in [-0.1, -0.05) is 18.2 Å². The van der Waals surface area contributed by atoms with E-state index in [0.717, 1.165) is 5.52 Å². The van der Waals surface area contributed by atoms with Crippen LogP contribution in [0.1, 0.15) is 11.9 Å². The second kappa shape index (κ2) is 4.46. The number of hydrogen-bond acceptors (Lipinski definition) is 4. The maximum Gasteiger partial charge on any atom is 0.179 e. The summed E-state index contributed by atoms with van der Waals surface area (Å²) in [5, 5.41) is 8.16. The standard InChI is InChI=1S/C13H12N4O/c14-13(6-5-11-9-15-16-18-11)17-8-7-10-3-1-2-4-12(10)17/h1-9,13H,14H2/b6-5+. The molecule has 0 aliphatic rings. The third kappa shape index (κ3) is 1.91. The third-order valence-electron chi connectivity index (χ3n) is 2.79. The van der Waals surface area contributed by atoms with E-state index in [4.69, 9.17) is 10.3 Å². The first kappa shape index (κ1) is 10.7. The molecule has 2 heterocycles. The van der Waals surface area contributed by atoms with Gasteiger partial charge in [0.1, 0.15) is 6.17 Å². The van der Waals surface area contributed by atoms with Gasteiger partial charge in [-0.3, -0.25) is 0 Å². The lowest BCUT2D eigenvalue weighted by atomic mass is 10.2. The first-order chi connectivity index (χ1) is 8.84. The van der Waals surface area contributed by atoms with Crippen LogP contribution in [-0.2, 0) is 0 Å². The van der Waals surface area contributed by atoms with Crippen molar-refractivity contribution in [1.29, 1.82) is 0 Å². The molecule has 0 aliphatic carbocycles. The number of hydrogen-bond donors (Lipinski definition) is 1. The van der Waals surface area contributed by atoms with Crippen molar-refractivity contribution in [2.45, 2.75) is 6.17 Å². The van der Waals surface area contributed by atoms with Crippen molar-refractivity contribution in [3.05, 3.63) is 54.6 Å². The fourth-order valence-electron chi connectivity index (χ4n) is 1.90. The van der Waals surface area contributed by atoms with E-state index in [1.54, 1.807) is 6.08 Å². The molecule has 2 N–H and O–H groups in total. The number of rotatable bonds is 3. The molecule has 2 aromatic heterocycles. The smallest absolute Gasteiger partial charge is 0.179 e. The summed E-state index contributed by atoms with van der Waals surface area (Å²) in [6.07, 6.45) is 6.86. The minimum absolute atomic E-state index is 0.255. The van der Waals surface area contributed by atoms with Crippen LogP contribution in [0.5, 0.6) is 0 Å². The molecule has 0 radical (unpaired) electrons. The van der Waals surface area contributed by atoms with Gasteiger partial charge in [-0.2, -0.15) is 0 Å². The molecule has 0 spiro atoms. The number of fused-ring (bicyclic) bond motifs is 1. The van der Waals surface area contributed by atoms with Gasteiger partial charge in [0, 0.05) is 17.0 Å². The van der Waals surface area contributed by atoms with Crippen molar-refractivity contribution in [3.63, 3.8) is 0 Å². The lowest BCUT2D eigenvalue weighted by molar-refractivity contribution is 0.386. The third-order valence-corrected chi connectivity index (χ3v) is 2.79. The summed E-state index contributed by atoms with van der Waals surface area (Å²) in [5.41, 5.74) is 7.22. The van der Waals surface area contributed by atoms with Crippen molar-refractivity contribution in [3.8, 4) is 0 Å². The molecule has 1 atom stereocenters. The maximum absolute atomic E-state index is 6.12. The molecule has 1 aromatic carbocycles. The molecule has 3 aromatic rings. The molecule has 0 bridgehead atoms. The molecule has 5 nitrogen and oxygen atoms in total. The van der Waals surface area contributed by atoms with Crippen LogP contribution in [0.15, 0.2) is 53.3 Å². The van der Waals surface area contributed by atoms with E-state index in [1.807, 2.05) is 41.1 Å². The largest absolute Gasteiger partial charge is 0.338 e. The quantitative estimate of drug-likeness (QED) is 0.761. The van der Waals surface area contributed by atoms with E-state index in [2.05, 4.69) is 16.4 Å². The molecule has 0 amide bonds. The first-order valence-corrected chi connectivity index (χ1v) is 5.61. The summed E-state index contributed by atoms with van der Waals surface area (Å²) in [6, 6.07) is 10.1. The van der Waals surface area contributed by atoms with Crippen LogP contribution in [0.3, 0.4) is 0 Å².